The molecule has 7 nitrogen and oxygen atoms in total. The summed E-state index contributed by atoms with van der Waals surface area (Å²) in [4.78, 5) is 14.5. The Kier molecular flexibility index (Phi) is 6.89. The molecule has 1 amide bonds. The van der Waals surface area contributed by atoms with Gasteiger partial charge >= 0.3 is 6.09 Å². The number of aromatic nitrogens is 2. The van der Waals surface area contributed by atoms with Gasteiger partial charge in [0.2, 0.25) is 0 Å². The molecule has 1 N–H and O–H groups in total. The van der Waals surface area contributed by atoms with Crippen molar-refractivity contribution < 1.29 is 14.3 Å². The summed E-state index contributed by atoms with van der Waals surface area (Å²) in [7, 11) is 0. The Morgan fingerprint density at radius 3 is 2.57 bits per heavy atom. The fraction of sp³-hybridized carbons (Fsp3) is 0.737. The van der Waals surface area contributed by atoms with Crippen LogP contribution in [0.15, 0.2) is 6.07 Å². The van der Waals surface area contributed by atoms with E-state index in [1.54, 1.807) is 6.07 Å². The van der Waals surface area contributed by atoms with Gasteiger partial charge in [0.1, 0.15) is 5.60 Å². The van der Waals surface area contributed by atoms with E-state index in [-0.39, 0.29) is 28.5 Å². The minimum Gasteiger partial charge on any atom is -0.490 e. The predicted molar refractivity (Wildman–Crippen MR) is 108 cm³/mol. The number of hydrogen-bond acceptors (Lipinski definition) is 6. The first-order chi connectivity index (χ1) is 13.2. The zero-order valence-electron chi connectivity index (χ0n) is 16.6. The molecule has 3 atom stereocenters. The van der Waals surface area contributed by atoms with E-state index in [0.29, 0.717) is 18.4 Å². The lowest BCUT2D eigenvalue weighted by molar-refractivity contribution is 0.00473. The van der Waals surface area contributed by atoms with Gasteiger partial charge in [-0.3, -0.25) is 0 Å². The maximum atomic E-state index is 12.5. The Morgan fingerprint density at radius 1 is 1.25 bits per heavy atom. The van der Waals surface area contributed by atoms with E-state index < -0.39 is 5.60 Å². The summed E-state index contributed by atoms with van der Waals surface area (Å²) in [5.41, 5.74) is -0.455. The van der Waals surface area contributed by atoms with E-state index >= 15 is 0 Å². The third-order valence-electron chi connectivity index (χ3n) is 5.04. The van der Waals surface area contributed by atoms with Crippen molar-refractivity contribution >= 4 is 29.3 Å². The lowest BCUT2D eigenvalue weighted by Gasteiger charge is -2.39. The normalized spacial score (nSPS) is 24.3. The maximum Gasteiger partial charge on any atom is 0.410 e. The van der Waals surface area contributed by atoms with Crippen LogP contribution in [0.25, 0.3) is 0 Å². The highest BCUT2D eigenvalue weighted by molar-refractivity contribution is 6.32. The van der Waals surface area contributed by atoms with Crippen LogP contribution in [0.1, 0.15) is 52.9 Å². The van der Waals surface area contributed by atoms with E-state index in [0.717, 1.165) is 38.6 Å². The molecule has 9 heteroatoms. The summed E-state index contributed by atoms with van der Waals surface area (Å²) in [6, 6.07) is 2.52. The van der Waals surface area contributed by atoms with Crippen molar-refractivity contribution in [3.8, 4) is 5.75 Å². The Hall–Kier alpha value is -1.31. The van der Waals surface area contributed by atoms with E-state index in [9.17, 15) is 4.79 Å². The van der Waals surface area contributed by atoms with Crippen molar-refractivity contribution in [2.45, 2.75) is 76.6 Å². The minimum atomic E-state index is -0.455. The van der Waals surface area contributed by atoms with Crippen LogP contribution in [-0.4, -0.2) is 58.1 Å². The highest BCUT2D eigenvalue weighted by atomic mass is 35.5. The molecule has 2 aliphatic heterocycles. The molecule has 2 saturated heterocycles. The summed E-state index contributed by atoms with van der Waals surface area (Å²) in [6.07, 6.45) is 4.70. The molecule has 156 valence electrons. The van der Waals surface area contributed by atoms with E-state index in [4.69, 9.17) is 32.7 Å². The molecule has 0 aliphatic carbocycles. The SMILES string of the molecule is CC(C)(C)OC(=O)N1[C@@H]2CC[C@H]1C[C@H](NCCCOc1cc(Cl)nnc1Cl)C2. The number of hydrogen-bond donors (Lipinski definition) is 1. The highest BCUT2D eigenvalue weighted by Crippen LogP contribution is 2.36. The van der Waals surface area contributed by atoms with Gasteiger partial charge in [-0.2, -0.15) is 0 Å². The van der Waals surface area contributed by atoms with Crippen molar-refractivity contribution in [3.05, 3.63) is 16.4 Å². The molecule has 2 bridgehead atoms. The maximum absolute atomic E-state index is 12.5. The first-order valence-electron chi connectivity index (χ1n) is 9.79. The molecule has 3 rings (SSSR count). The molecule has 3 heterocycles. The second-order valence-electron chi connectivity index (χ2n) is 8.42. The molecule has 0 spiro atoms. The monoisotopic (exact) mass is 430 g/mol. The quantitative estimate of drug-likeness (QED) is 0.685. The van der Waals surface area contributed by atoms with E-state index in [2.05, 4.69) is 15.5 Å². The number of ether oxygens (including phenoxy) is 2. The summed E-state index contributed by atoms with van der Waals surface area (Å²) < 4.78 is 11.2. The highest BCUT2D eigenvalue weighted by Gasteiger charge is 2.44. The Bertz CT molecular complexity index is 684. The minimum absolute atomic E-state index is 0.173. The summed E-state index contributed by atoms with van der Waals surface area (Å²) in [6.45, 7) is 7.07. The smallest absolute Gasteiger partial charge is 0.410 e. The lowest BCUT2D eigenvalue weighted by atomic mass is 9.97. The number of nitrogens with one attached hydrogen (secondary N) is 1. The van der Waals surface area contributed by atoms with Crippen molar-refractivity contribution in [1.29, 1.82) is 0 Å². The molecular formula is C19H28Cl2N4O3. The first kappa shape index (κ1) is 21.4. The molecule has 0 aromatic carbocycles. The number of carbonyl (C=O) groups excluding carboxylic acids is 1. The van der Waals surface area contributed by atoms with Crippen LogP contribution in [0, 0.1) is 0 Å². The number of carbonyl (C=O) groups is 1. The number of amides is 1. The molecule has 0 saturated carbocycles. The molecule has 1 aromatic rings. The van der Waals surface area contributed by atoms with Crippen molar-refractivity contribution in [2.24, 2.45) is 0 Å². The van der Waals surface area contributed by atoms with Crippen molar-refractivity contribution in [2.75, 3.05) is 13.2 Å². The van der Waals surface area contributed by atoms with E-state index in [1.807, 2.05) is 25.7 Å². The summed E-state index contributed by atoms with van der Waals surface area (Å²) in [5.74, 6) is 0.449. The van der Waals surface area contributed by atoms with Gasteiger partial charge < -0.3 is 19.7 Å². The Balaban J connectivity index is 1.39. The van der Waals surface area contributed by atoms with Gasteiger partial charge in [0.25, 0.3) is 0 Å². The second kappa shape index (κ2) is 9.01. The van der Waals surface area contributed by atoms with Gasteiger partial charge in [-0.1, -0.05) is 23.2 Å². The third kappa shape index (κ3) is 5.61. The largest absolute Gasteiger partial charge is 0.490 e. The molecule has 0 radical (unpaired) electrons. The topological polar surface area (TPSA) is 76.6 Å². The van der Waals surface area contributed by atoms with Gasteiger partial charge in [0, 0.05) is 24.2 Å². The average molecular weight is 431 g/mol. The van der Waals surface area contributed by atoms with Crippen LogP contribution in [-0.2, 0) is 4.74 Å². The number of halogens is 2. The van der Waals surface area contributed by atoms with Crippen molar-refractivity contribution in [3.63, 3.8) is 0 Å². The van der Waals surface area contributed by atoms with Gasteiger partial charge in [-0.05, 0) is 59.4 Å². The fourth-order valence-corrected chi connectivity index (χ4v) is 4.24. The molecule has 2 fully saturated rings. The van der Waals surface area contributed by atoms with Crippen LogP contribution in [0.2, 0.25) is 10.3 Å². The van der Waals surface area contributed by atoms with Gasteiger partial charge in [-0.15, -0.1) is 10.2 Å². The fourth-order valence-electron chi connectivity index (χ4n) is 3.96. The number of nitrogens with zero attached hydrogens (tertiary/aromatic N) is 3. The van der Waals surface area contributed by atoms with Crippen LogP contribution in [0.5, 0.6) is 5.75 Å². The molecule has 28 heavy (non-hydrogen) atoms. The second-order valence-corrected chi connectivity index (χ2v) is 9.16. The van der Waals surface area contributed by atoms with Gasteiger partial charge in [0.15, 0.2) is 16.1 Å². The average Bonchev–Trinajstić information content (AvgIpc) is 2.87. The molecule has 1 aromatic heterocycles. The Morgan fingerprint density at radius 2 is 1.93 bits per heavy atom. The lowest BCUT2D eigenvalue weighted by Crippen LogP contribution is -2.52. The molecular weight excluding hydrogens is 403 g/mol. The third-order valence-corrected chi connectivity index (χ3v) is 5.48. The van der Waals surface area contributed by atoms with Crippen LogP contribution in [0.4, 0.5) is 4.79 Å². The Labute approximate surface area is 176 Å². The predicted octanol–water partition coefficient (Wildman–Crippen LogP) is 4.07. The molecule has 2 aliphatic rings. The van der Waals surface area contributed by atoms with E-state index in [1.165, 1.54) is 0 Å². The van der Waals surface area contributed by atoms with Crippen LogP contribution in [0.3, 0.4) is 0 Å². The molecule has 0 unspecified atom stereocenters. The zero-order valence-corrected chi connectivity index (χ0v) is 18.1. The van der Waals surface area contributed by atoms with Crippen LogP contribution >= 0.6 is 23.2 Å². The van der Waals surface area contributed by atoms with Crippen LogP contribution < -0.4 is 10.1 Å². The number of rotatable bonds is 6. The number of fused-ring (bicyclic) bond motifs is 2. The van der Waals surface area contributed by atoms with Gasteiger partial charge in [-0.25, -0.2) is 4.79 Å². The standard InChI is InChI=1S/C19H28Cl2N4O3/c1-19(2,3)28-18(26)25-13-5-6-14(25)10-12(9-13)22-7-4-8-27-15-11-16(20)23-24-17(15)21/h11-14,22H,4-10H2,1-3H3/t12-,13-,14+. The van der Waals surface area contributed by atoms with Gasteiger partial charge in [0.05, 0.1) is 6.61 Å². The summed E-state index contributed by atoms with van der Waals surface area (Å²) >= 11 is 11.7. The zero-order chi connectivity index (χ0) is 20.3. The van der Waals surface area contributed by atoms with Crippen molar-refractivity contribution in [1.82, 2.24) is 20.4 Å². The first-order valence-corrected chi connectivity index (χ1v) is 10.5. The summed E-state index contributed by atoms with van der Waals surface area (Å²) in [5, 5.41) is 11.4. The number of piperidine rings is 1.